The van der Waals surface area contributed by atoms with Crippen molar-refractivity contribution in [2.75, 3.05) is 24.6 Å². The third-order valence-corrected chi connectivity index (χ3v) is 4.40. The van der Waals surface area contributed by atoms with Crippen LogP contribution in [0.25, 0.3) is 4.96 Å². The van der Waals surface area contributed by atoms with Crippen molar-refractivity contribution in [2.45, 2.75) is 38.8 Å². The number of anilines is 1. The third-order valence-electron chi connectivity index (χ3n) is 3.64. The van der Waals surface area contributed by atoms with Crippen LogP contribution in [0, 0.1) is 0 Å². The van der Waals surface area contributed by atoms with E-state index in [9.17, 15) is 5.11 Å². The first kappa shape index (κ1) is 13.9. The Labute approximate surface area is 123 Å². The Hall–Kier alpha value is -1.11. The molecule has 0 amide bonds. The Morgan fingerprint density at radius 3 is 3.05 bits per heavy atom. The molecule has 2 aromatic rings. The van der Waals surface area contributed by atoms with Gasteiger partial charge in [-0.15, -0.1) is 11.3 Å². The molecule has 0 unspecified atom stereocenters. The number of nitrogens with zero attached hydrogens (tertiary/aromatic N) is 3. The fourth-order valence-corrected chi connectivity index (χ4v) is 3.21. The SMILES string of the molecule is CCCN(CCO)c1nc2sccn2c1CNC1CC1. The molecule has 2 N–H and O–H groups in total. The molecule has 1 saturated carbocycles. The minimum atomic E-state index is 0.167. The summed E-state index contributed by atoms with van der Waals surface area (Å²) in [5, 5.41) is 14.9. The van der Waals surface area contributed by atoms with E-state index in [4.69, 9.17) is 4.98 Å². The number of hydrogen-bond donors (Lipinski definition) is 2. The molecule has 110 valence electrons. The standard InChI is InChI=1S/C14H22N4OS/c1-2-5-17(6-8-19)13-12(10-15-11-3-4-11)18-7-9-20-14(18)16-13/h7,9,11,15,19H,2-6,8,10H2,1H3. The van der Waals surface area contributed by atoms with Gasteiger partial charge in [0.05, 0.1) is 12.3 Å². The van der Waals surface area contributed by atoms with Crippen molar-refractivity contribution in [1.29, 1.82) is 0 Å². The van der Waals surface area contributed by atoms with Gasteiger partial charge < -0.3 is 15.3 Å². The van der Waals surface area contributed by atoms with Crippen molar-refractivity contribution in [3.05, 3.63) is 17.3 Å². The summed E-state index contributed by atoms with van der Waals surface area (Å²) in [5.41, 5.74) is 1.22. The average Bonchev–Trinajstić information content (AvgIpc) is 3.04. The summed E-state index contributed by atoms with van der Waals surface area (Å²) < 4.78 is 2.18. The second-order valence-electron chi connectivity index (χ2n) is 5.30. The van der Waals surface area contributed by atoms with Crippen LogP contribution in [0.2, 0.25) is 0 Å². The molecule has 0 bridgehead atoms. The number of nitrogens with one attached hydrogen (secondary N) is 1. The molecule has 6 heteroatoms. The molecule has 1 aliphatic carbocycles. The Balaban J connectivity index is 1.89. The van der Waals surface area contributed by atoms with E-state index in [-0.39, 0.29) is 6.61 Å². The van der Waals surface area contributed by atoms with E-state index in [0.717, 1.165) is 30.3 Å². The lowest BCUT2D eigenvalue weighted by Crippen LogP contribution is -2.29. The van der Waals surface area contributed by atoms with Gasteiger partial charge in [0.2, 0.25) is 0 Å². The van der Waals surface area contributed by atoms with E-state index < -0.39 is 0 Å². The van der Waals surface area contributed by atoms with Gasteiger partial charge in [0.1, 0.15) is 0 Å². The number of aromatic nitrogens is 2. The van der Waals surface area contributed by atoms with Gasteiger partial charge >= 0.3 is 0 Å². The van der Waals surface area contributed by atoms with Crippen LogP contribution in [0.1, 0.15) is 31.9 Å². The lowest BCUT2D eigenvalue weighted by atomic mass is 10.3. The van der Waals surface area contributed by atoms with Crippen LogP contribution in [0.4, 0.5) is 5.82 Å². The van der Waals surface area contributed by atoms with Crippen molar-refractivity contribution in [1.82, 2.24) is 14.7 Å². The van der Waals surface area contributed by atoms with Gasteiger partial charge in [-0.25, -0.2) is 4.98 Å². The molecule has 0 spiro atoms. The quantitative estimate of drug-likeness (QED) is 0.780. The maximum absolute atomic E-state index is 9.28. The summed E-state index contributed by atoms with van der Waals surface area (Å²) in [6.07, 6.45) is 5.72. The fourth-order valence-electron chi connectivity index (χ4n) is 2.48. The Morgan fingerprint density at radius 2 is 2.35 bits per heavy atom. The summed E-state index contributed by atoms with van der Waals surface area (Å²) in [4.78, 5) is 8.00. The van der Waals surface area contributed by atoms with E-state index in [1.807, 2.05) is 0 Å². The number of aliphatic hydroxyl groups is 1. The highest BCUT2D eigenvalue weighted by molar-refractivity contribution is 7.15. The van der Waals surface area contributed by atoms with Gasteiger partial charge in [0.25, 0.3) is 0 Å². The first-order valence-corrected chi connectivity index (χ1v) is 8.25. The molecule has 0 saturated heterocycles. The van der Waals surface area contributed by atoms with Crippen LogP contribution >= 0.6 is 11.3 Å². The molecule has 3 rings (SSSR count). The number of fused-ring (bicyclic) bond motifs is 1. The molecule has 0 radical (unpaired) electrons. The number of hydrogen-bond acceptors (Lipinski definition) is 5. The number of rotatable bonds is 8. The lowest BCUT2D eigenvalue weighted by molar-refractivity contribution is 0.301. The number of thiazole rings is 1. The highest BCUT2D eigenvalue weighted by Crippen LogP contribution is 2.26. The molecule has 0 aliphatic heterocycles. The average molecular weight is 294 g/mol. The van der Waals surface area contributed by atoms with Crippen LogP contribution < -0.4 is 10.2 Å². The first-order valence-electron chi connectivity index (χ1n) is 7.37. The maximum Gasteiger partial charge on any atom is 0.195 e. The second kappa shape index (κ2) is 6.11. The molecule has 20 heavy (non-hydrogen) atoms. The molecule has 0 aromatic carbocycles. The highest BCUT2D eigenvalue weighted by Gasteiger charge is 2.23. The summed E-state index contributed by atoms with van der Waals surface area (Å²) in [5.74, 6) is 1.03. The van der Waals surface area contributed by atoms with Crippen molar-refractivity contribution in [3.8, 4) is 0 Å². The van der Waals surface area contributed by atoms with Crippen molar-refractivity contribution in [2.24, 2.45) is 0 Å². The summed E-state index contributed by atoms with van der Waals surface area (Å²) in [6, 6.07) is 0.685. The monoisotopic (exact) mass is 294 g/mol. The van der Waals surface area contributed by atoms with Crippen molar-refractivity contribution < 1.29 is 5.11 Å². The van der Waals surface area contributed by atoms with Gasteiger partial charge in [-0.3, -0.25) is 4.40 Å². The van der Waals surface area contributed by atoms with E-state index in [2.05, 4.69) is 33.1 Å². The Bertz CT molecular complexity index is 555. The van der Waals surface area contributed by atoms with Crippen LogP contribution in [0.15, 0.2) is 11.6 Å². The van der Waals surface area contributed by atoms with Crippen LogP contribution in [0.5, 0.6) is 0 Å². The van der Waals surface area contributed by atoms with Gasteiger partial charge in [0.15, 0.2) is 10.8 Å². The molecular weight excluding hydrogens is 272 g/mol. The minimum Gasteiger partial charge on any atom is -0.395 e. The van der Waals surface area contributed by atoms with Gasteiger partial charge in [-0.05, 0) is 19.3 Å². The first-order chi connectivity index (χ1) is 9.83. The van der Waals surface area contributed by atoms with E-state index in [1.165, 1.54) is 18.5 Å². The molecule has 5 nitrogen and oxygen atoms in total. The molecular formula is C14H22N4OS. The number of aliphatic hydroxyl groups excluding tert-OH is 1. The Morgan fingerprint density at radius 1 is 1.50 bits per heavy atom. The second-order valence-corrected chi connectivity index (χ2v) is 6.18. The van der Waals surface area contributed by atoms with Gasteiger partial charge in [0, 0.05) is 37.3 Å². The topological polar surface area (TPSA) is 52.8 Å². The largest absolute Gasteiger partial charge is 0.395 e. The molecule has 0 atom stereocenters. The zero-order chi connectivity index (χ0) is 13.9. The summed E-state index contributed by atoms with van der Waals surface area (Å²) in [7, 11) is 0. The van der Waals surface area contributed by atoms with E-state index in [1.54, 1.807) is 11.3 Å². The maximum atomic E-state index is 9.28. The number of imidazole rings is 1. The van der Waals surface area contributed by atoms with Gasteiger partial charge in [-0.2, -0.15) is 0 Å². The zero-order valence-electron chi connectivity index (χ0n) is 11.9. The van der Waals surface area contributed by atoms with E-state index in [0.29, 0.717) is 12.6 Å². The smallest absolute Gasteiger partial charge is 0.195 e. The molecule has 2 heterocycles. The van der Waals surface area contributed by atoms with Gasteiger partial charge in [-0.1, -0.05) is 6.92 Å². The summed E-state index contributed by atoms with van der Waals surface area (Å²) >= 11 is 1.66. The van der Waals surface area contributed by atoms with Crippen LogP contribution in [-0.4, -0.2) is 40.2 Å². The minimum absolute atomic E-state index is 0.167. The van der Waals surface area contributed by atoms with Crippen LogP contribution in [0.3, 0.4) is 0 Å². The fraction of sp³-hybridized carbons (Fsp3) is 0.643. The normalized spacial score (nSPS) is 15.1. The predicted octanol–water partition coefficient (Wildman–Crippen LogP) is 1.86. The predicted molar refractivity (Wildman–Crippen MR) is 82.5 cm³/mol. The highest BCUT2D eigenvalue weighted by atomic mass is 32.1. The van der Waals surface area contributed by atoms with Crippen LogP contribution in [-0.2, 0) is 6.54 Å². The molecule has 2 aromatic heterocycles. The van der Waals surface area contributed by atoms with Crippen molar-refractivity contribution in [3.63, 3.8) is 0 Å². The molecule has 1 fully saturated rings. The summed E-state index contributed by atoms with van der Waals surface area (Å²) in [6.45, 7) is 4.76. The van der Waals surface area contributed by atoms with E-state index >= 15 is 0 Å². The Kier molecular flexibility index (Phi) is 4.24. The lowest BCUT2D eigenvalue weighted by Gasteiger charge is -2.22. The third kappa shape index (κ3) is 2.82. The molecule has 1 aliphatic rings. The zero-order valence-corrected chi connectivity index (χ0v) is 12.7. The van der Waals surface area contributed by atoms with Crippen molar-refractivity contribution >= 4 is 22.1 Å².